The van der Waals surface area contributed by atoms with Crippen molar-refractivity contribution in [3.63, 3.8) is 0 Å². The zero-order valence-corrected chi connectivity index (χ0v) is 36.4. The molecule has 3 aromatic carbocycles. The van der Waals surface area contributed by atoms with Gasteiger partial charge in [-0.15, -0.1) is 0 Å². The Morgan fingerprint density at radius 1 is 0.452 bits per heavy atom. The maximum absolute atomic E-state index is 12.6. The summed E-state index contributed by atoms with van der Waals surface area (Å²) in [6.07, 6.45) is -0.367. The fourth-order valence-electron chi connectivity index (χ4n) is 6.08. The number of amides is 1. The van der Waals surface area contributed by atoms with Crippen molar-refractivity contribution >= 4 is 11.8 Å². The summed E-state index contributed by atoms with van der Waals surface area (Å²) in [6.45, 7) is 11.7. The van der Waals surface area contributed by atoms with E-state index in [1.807, 2.05) is 36.4 Å². The number of benzene rings is 3. The highest BCUT2D eigenvalue weighted by molar-refractivity contribution is 5.79. The molecule has 0 heterocycles. The van der Waals surface area contributed by atoms with Crippen molar-refractivity contribution in [2.24, 2.45) is 0 Å². The van der Waals surface area contributed by atoms with Gasteiger partial charge in [-0.2, -0.15) is 0 Å². The largest absolute Gasteiger partial charge is 0.491 e. The van der Waals surface area contributed by atoms with Crippen molar-refractivity contribution < 1.29 is 66.4 Å². The lowest BCUT2D eigenvalue weighted by Crippen LogP contribution is -2.32. The van der Waals surface area contributed by atoms with Crippen molar-refractivity contribution in [2.45, 2.75) is 5.92 Å². The van der Waals surface area contributed by atoms with Gasteiger partial charge < -0.3 is 72.2 Å². The van der Waals surface area contributed by atoms with Crippen LogP contribution < -0.4 is 10.5 Å². The number of hydrogen-bond acceptors (Lipinski definition) is 15. The average molecular weight is 873 g/mol. The van der Waals surface area contributed by atoms with Crippen LogP contribution in [0.4, 0.5) is 10.5 Å². The average Bonchev–Trinajstić information content (AvgIpc) is 3.61. The second kappa shape index (κ2) is 33.6. The molecule has 0 aliphatic heterocycles. The van der Waals surface area contributed by atoms with Gasteiger partial charge in [0, 0.05) is 25.2 Å². The third-order valence-electron chi connectivity index (χ3n) is 9.32. The molecule has 2 N–H and O–H groups in total. The predicted octanol–water partition coefficient (Wildman–Crippen LogP) is 4.71. The molecule has 1 aliphatic rings. The van der Waals surface area contributed by atoms with Gasteiger partial charge in [-0.1, -0.05) is 48.5 Å². The minimum absolute atomic E-state index is 0.0349. The summed E-state index contributed by atoms with van der Waals surface area (Å²) in [4.78, 5) is 14.2. The summed E-state index contributed by atoms with van der Waals surface area (Å²) in [5, 5.41) is 0. The van der Waals surface area contributed by atoms with Gasteiger partial charge in [0.1, 0.15) is 19.0 Å². The fourth-order valence-corrected chi connectivity index (χ4v) is 6.08. The molecule has 0 saturated carbocycles. The van der Waals surface area contributed by atoms with Gasteiger partial charge in [-0.3, -0.25) is 0 Å². The van der Waals surface area contributed by atoms with E-state index in [0.717, 1.165) is 5.75 Å². The Balaban J connectivity index is 0.776. The lowest BCUT2D eigenvalue weighted by molar-refractivity contribution is -0.0278. The number of carbonyl (C=O) groups is 1. The van der Waals surface area contributed by atoms with Gasteiger partial charge in [0.15, 0.2) is 0 Å². The number of fused-ring (bicyclic) bond motifs is 3. The number of carbonyl (C=O) groups excluding carboxylic acids is 1. The number of rotatable bonds is 39. The number of anilines is 1. The highest BCUT2D eigenvalue weighted by Gasteiger charge is 2.29. The van der Waals surface area contributed by atoms with E-state index in [4.69, 9.17) is 67.3 Å². The van der Waals surface area contributed by atoms with Crippen LogP contribution >= 0.6 is 0 Å². The number of ether oxygens (including phenoxy) is 13. The molecule has 0 saturated heterocycles. The number of nitrogens with two attached hydrogens (primary N) is 1. The first-order valence-corrected chi connectivity index (χ1v) is 21.5. The van der Waals surface area contributed by atoms with E-state index >= 15 is 0 Å². The van der Waals surface area contributed by atoms with Crippen LogP contribution in [0.15, 0.2) is 72.8 Å². The Morgan fingerprint density at radius 3 is 1.15 bits per heavy atom. The van der Waals surface area contributed by atoms with Gasteiger partial charge in [-0.05, 0) is 46.5 Å². The van der Waals surface area contributed by atoms with Crippen LogP contribution in [0.3, 0.4) is 0 Å². The Morgan fingerprint density at radius 2 is 0.774 bits per heavy atom. The molecule has 0 bridgehead atoms. The Labute approximate surface area is 366 Å². The number of likely N-dealkylation sites (N-methyl/N-ethyl adjacent to an activating group) is 1. The summed E-state index contributed by atoms with van der Waals surface area (Å²) in [5.74, 6) is 0.802. The molecular weight excluding hydrogens is 805 g/mol. The molecule has 1 amide bonds. The number of nitrogen functional groups attached to an aromatic ring is 1. The summed E-state index contributed by atoms with van der Waals surface area (Å²) < 4.78 is 72.0. The Bertz CT molecular complexity index is 1520. The van der Waals surface area contributed by atoms with Crippen molar-refractivity contribution in [3.05, 3.63) is 83.9 Å². The molecule has 4 rings (SSSR count). The van der Waals surface area contributed by atoms with Crippen molar-refractivity contribution in [3.8, 4) is 16.9 Å². The fraction of sp³-hybridized carbons (Fsp3) is 0.587. The van der Waals surface area contributed by atoms with Crippen LogP contribution in [0.1, 0.15) is 17.0 Å². The van der Waals surface area contributed by atoms with Gasteiger partial charge in [0.05, 0.1) is 145 Å². The normalized spacial score (nSPS) is 12.1. The van der Waals surface area contributed by atoms with Crippen LogP contribution in [-0.4, -0.2) is 183 Å². The van der Waals surface area contributed by atoms with Crippen LogP contribution in [0.5, 0.6) is 5.75 Å². The topological polar surface area (TPSA) is 166 Å². The molecule has 346 valence electrons. The standard InChI is InChI=1S/C46H68N2O14/c1-48(46(49)62-38-45-43-8-4-2-6-41(43)42-7-3-5-9-44(42)45)14-15-50-16-17-51-18-19-52-20-21-53-22-23-54-24-25-55-26-27-56-28-29-57-30-31-58-32-33-59-34-35-60-36-37-61-40-12-10-39(47)11-13-40/h2-13,45H,14-38,47H2,1H3. The minimum atomic E-state index is -0.367. The first-order valence-electron chi connectivity index (χ1n) is 21.5. The lowest BCUT2D eigenvalue weighted by Gasteiger charge is -2.19. The van der Waals surface area contributed by atoms with E-state index in [-0.39, 0.29) is 12.0 Å². The second-order valence-electron chi connectivity index (χ2n) is 13.9. The SMILES string of the molecule is CN(CCOCCOCCOCCOCCOCCOCCOCCOCCOCCOCCOCCOc1ccc(N)cc1)C(=O)OCC1c2ccccc2-c2ccccc21. The van der Waals surface area contributed by atoms with E-state index < -0.39 is 0 Å². The van der Waals surface area contributed by atoms with E-state index in [9.17, 15) is 4.79 Å². The summed E-state index contributed by atoms with van der Waals surface area (Å²) in [5.41, 5.74) is 11.1. The molecule has 0 unspecified atom stereocenters. The van der Waals surface area contributed by atoms with Crippen molar-refractivity contribution in [1.29, 1.82) is 0 Å². The zero-order chi connectivity index (χ0) is 43.6. The third-order valence-corrected chi connectivity index (χ3v) is 9.32. The third kappa shape index (κ3) is 21.9. The maximum atomic E-state index is 12.6. The second-order valence-corrected chi connectivity index (χ2v) is 13.9. The molecule has 0 spiro atoms. The minimum Gasteiger partial charge on any atom is -0.491 e. The van der Waals surface area contributed by atoms with Crippen molar-refractivity contribution in [2.75, 3.05) is 178 Å². The van der Waals surface area contributed by atoms with Crippen LogP contribution in [0.25, 0.3) is 11.1 Å². The van der Waals surface area contributed by atoms with Crippen LogP contribution in [-0.2, 0) is 56.8 Å². The highest BCUT2D eigenvalue weighted by Crippen LogP contribution is 2.44. The molecule has 0 fully saturated rings. The molecular formula is C46H68N2O14. The molecule has 0 atom stereocenters. The monoisotopic (exact) mass is 872 g/mol. The molecule has 1 aliphatic carbocycles. The Kier molecular flexibility index (Phi) is 27.5. The van der Waals surface area contributed by atoms with E-state index in [1.54, 1.807) is 19.2 Å². The van der Waals surface area contributed by atoms with Gasteiger partial charge in [0.25, 0.3) is 0 Å². The first-order chi connectivity index (χ1) is 30.6. The van der Waals surface area contributed by atoms with Gasteiger partial charge in [0.2, 0.25) is 0 Å². The smallest absolute Gasteiger partial charge is 0.409 e. The maximum Gasteiger partial charge on any atom is 0.409 e. The summed E-state index contributed by atoms with van der Waals surface area (Å²) in [7, 11) is 1.71. The first kappa shape index (κ1) is 50.7. The lowest BCUT2D eigenvalue weighted by atomic mass is 9.98. The molecule has 3 aromatic rings. The van der Waals surface area contributed by atoms with E-state index in [0.29, 0.717) is 171 Å². The van der Waals surface area contributed by atoms with Gasteiger partial charge in [-0.25, -0.2) is 4.79 Å². The predicted molar refractivity (Wildman–Crippen MR) is 233 cm³/mol. The molecule has 0 radical (unpaired) electrons. The molecule has 16 heteroatoms. The van der Waals surface area contributed by atoms with Crippen molar-refractivity contribution in [1.82, 2.24) is 4.90 Å². The van der Waals surface area contributed by atoms with Gasteiger partial charge >= 0.3 is 6.09 Å². The van der Waals surface area contributed by atoms with E-state index in [2.05, 4.69) is 24.3 Å². The molecule has 0 aromatic heterocycles. The number of nitrogens with zero attached hydrogens (tertiary/aromatic N) is 1. The van der Waals surface area contributed by atoms with Crippen LogP contribution in [0.2, 0.25) is 0 Å². The Hall–Kier alpha value is -3.91. The number of hydrogen-bond donors (Lipinski definition) is 1. The zero-order valence-electron chi connectivity index (χ0n) is 36.4. The molecule has 62 heavy (non-hydrogen) atoms. The summed E-state index contributed by atoms with van der Waals surface area (Å²) >= 11 is 0. The van der Waals surface area contributed by atoms with E-state index in [1.165, 1.54) is 27.2 Å². The quantitative estimate of drug-likeness (QED) is 0.0618. The van der Waals surface area contributed by atoms with Crippen LogP contribution in [0, 0.1) is 0 Å². The highest BCUT2D eigenvalue weighted by atomic mass is 16.6. The summed E-state index contributed by atoms with van der Waals surface area (Å²) in [6, 6.07) is 23.8. The molecule has 16 nitrogen and oxygen atoms in total.